The molecule has 4 nitrogen and oxygen atoms in total. The Morgan fingerprint density at radius 2 is 2.14 bits per heavy atom. The molecule has 0 aromatic heterocycles. The molecule has 0 spiro atoms. The topological polar surface area (TPSA) is 75.7 Å². The van der Waals surface area contributed by atoms with Gasteiger partial charge in [-0.2, -0.15) is 0 Å². The maximum Gasteiger partial charge on any atom is 0.251 e. The highest BCUT2D eigenvalue weighted by atomic mass is 19.1. The highest BCUT2D eigenvalue weighted by Gasteiger charge is 2.31. The number of rotatable bonds is 1. The molecule has 5 heteroatoms. The molecular formula is C9H10FNO3. The molecule has 0 fully saturated rings. The van der Waals surface area contributed by atoms with E-state index in [-0.39, 0.29) is 5.56 Å². The van der Waals surface area contributed by atoms with Crippen LogP contribution in [0.5, 0.6) is 5.75 Å². The van der Waals surface area contributed by atoms with Crippen LogP contribution in [0, 0.1) is 5.82 Å². The molecule has 0 saturated heterocycles. The van der Waals surface area contributed by atoms with E-state index in [1.807, 2.05) is 0 Å². The largest absolute Gasteiger partial charge is 0.493 e. The third kappa shape index (κ3) is 1.35. The summed E-state index contributed by atoms with van der Waals surface area (Å²) in [7, 11) is 0. The minimum atomic E-state index is -2.65. The van der Waals surface area contributed by atoms with Crippen LogP contribution in [0.3, 0.4) is 0 Å². The van der Waals surface area contributed by atoms with E-state index in [9.17, 15) is 14.6 Å². The van der Waals surface area contributed by atoms with E-state index < -0.39 is 11.7 Å². The lowest BCUT2D eigenvalue weighted by molar-refractivity contribution is -0.166. The maximum absolute atomic E-state index is 13.3. The van der Waals surface area contributed by atoms with Gasteiger partial charge >= 0.3 is 0 Å². The first-order chi connectivity index (χ1) is 6.50. The number of hydrogen-bond donors (Lipinski definition) is 3. The first-order valence-electron chi connectivity index (χ1n) is 4.18. The van der Waals surface area contributed by atoms with Gasteiger partial charge in [0.1, 0.15) is 11.6 Å². The lowest BCUT2D eigenvalue weighted by atomic mass is 10.0. The van der Waals surface area contributed by atoms with Gasteiger partial charge in [-0.25, -0.2) is 4.39 Å². The number of aliphatic hydroxyl groups is 2. The third-order valence-corrected chi connectivity index (χ3v) is 2.20. The average molecular weight is 199 g/mol. The van der Waals surface area contributed by atoms with Gasteiger partial charge in [-0.1, -0.05) is 0 Å². The Balaban J connectivity index is 2.63. The van der Waals surface area contributed by atoms with Gasteiger partial charge in [0, 0.05) is 12.0 Å². The SMILES string of the molecule is NC(O)(O)c1c(F)ccc2c1CCO2. The second-order valence-electron chi connectivity index (χ2n) is 3.22. The molecule has 1 aromatic carbocycles. The van der Waals surface area contributed by atoms with Crippen LogP contribution in [0.2, 0.25) is 0 Å². The fourth-order valence-corrected chi connectivity index (χ4v) is 1.64. The molecule has 14 heavy (non-hydrogen) atoms. The van der Waals surface area contributed by atoms with E-state index in [4.69, 9.17) is 10.5 Å². The fraction of sp³-hybridized carbons (Fsp3) is 0.333. The molecule has 0 aliphatic carbocycles. The van der Waals surface area contributed by atoms with E-state index in [0.29, 0.717) is 24.3 Å². The summed E-state index contributed by atoms with van der Waals surface area (Å²) in [5.41, 5.74) is 5.18. The predicted octanol–water partition coefficient (Wildman–Crippen LogP) is -0.186. The van der Waals surface area contributed by atoms with Crippen molar-refractivity contribution in [3.8, 4) is 5.75 Å². The molecule has 1 aromatic rings. The first-order valence-corrected chi connectivity index (χ1v) is 4.18. The predicted molar refractivity (Wildman–Crippen MR) is 45.9 cm³/mol. The standard InChI is InChI=1S/C9H10FNO3/c10-6-1-2-7-5(3-4-14-7)8(6)9(11,12)13/h1-2,12-13H,3-4,11H2. The first kappa shape index (κ1) is 9.39. The normalized spacial score (nSPS) is 15.1. The maximum atomic E-state index is 13.3. The summed E-state index contributed by atoms with van der Waals surface area (Å²) in [4.78, 5) is 0. The van der Waals surface area contributed by atoms with Crippen LogP contribution in [0.15, 0.2) is 12.1 Å². The molecule has 0 radical (unpaired) electrons. The van der Waals surface area contributed by atoms with Crippen LogP contribution in [0.4, 0.5) is 4.39 Å². The van der Waals surface area contributed by atoms with Gasteiger partial charge in [-0.15, -0.1) is 0 Å². The Hall–Kier alpha value is -1.17. The molecule has 1 aliphatic heterocycles. The van der Waals surface area contributed by atoms with Crippen molar-refractivity contribution in [1.29, 1.82) is 0 Å². The van der Waals surface area contributed by atoms with Gasteiger partial charge in [-0.05, 0) is 12.1 Å². The molecule has 0 amide bonds. The van der Waals surface area contributed by atoms with E-state index in [2.05, 4.69) is 0 Å². The molecule has 1 heterocycles. The zero-order valence-corrected chi connectivity index (χ0v) is 7.33. The molecule has 1 aliphatic rings. The van der Waals surface area contributed by atoms with Crippen LogP contribution in [0.1, 0.15) is 11.1 Å². The van der Waals surface area contributed by atoms with E-state index >= 15 is 0 Å². The van der Waals surface area contributed by atoms with Gasteiger partial charge in [0.2, 0.25) is 0 Å². The Kier molecular flexibility index (Phi) is 1.95. The Morgan fingerprint density at radius 1 is 1.43 bits per heavy atom. The van der Waals surface area contributed by atoms with E-state index in [1.54, 1.807) is 0 Å². The Bertz CT molecular complexity index is 373. The van der Waals surface area contributed by atoms with Crippen LogP contribution in [-0.4, -0.2) is 16.8 Å². The number of hydrogen-bond acceptors (Lipinski definition) is 4. The van der Waals surface area contributed by atoms with Crippen LogP contribution in [0.25, 0.3) is 0 Å². The van der Waals surface area contributed by atoms with Gasteiger partial charge < -0.3 is 14.9 Å². The van der Waals surface area contributed by atoms with E-state index in [0.717, 1.165) is 6.07 Å². The Labute approximate surface area is 79.7 Å². The third-order valence-electron chi connectivity index (χ3n) is 2.20. The van der Waals surface area contributed by atoms with Crippen molar-refractivity contribution in [2.45, 2.75) is 12.3 Å². The second kappa shape index (κ2) is 2.91. The molecule has 0 atom stereocenters. The molecule has 76 valence electrons. The van der Waals surface area contributed by atoms with Gasteiger partial charge in [0.25, 0.3) is 5.91 Å². The number of nitrogens with two attached hydrogens (primary N) is 1. The zero-order chi connectivity index (χ0) is 10.3. The van der Waals surface area contributed by atoms with Crippen molar-refractivity contribution in [2.24, 2.45) is 5.73 Å². The fourth-order valence-electron chi connectivity index (χ4n) is 1.64. The summed E-state index contributed by atoms with van der Waals surface area (Å²) >= 11 is 0. The molecular weight excluding hydrogens is 189 g/mol. The quantitative estimate of drug-likeness (QED) is 0.548. The van der Waals surface area contributed by atoms with Crippen LogP contribution in [-0.2, 0) is 12.3 Å². The summed E-state index contributed by atoms with van der Waals surface area (Å²) < 4.78 is 18.4. The molecule has 0 unspecified atom stereocenters. The van der Waals surface area contributed by atoms with Crippen molar-refractivity contribution in [3.05, 3.63) is 29.1 Å². The number of halogens is 1. The summed E-state index contributed by atoms with van der Waals surface area (Å²) in [6.45, 7) is 0.405. The minimum absolute atomic E-state index is 0.299. The van der Waals surface area contributed by atoms with Gasteiger partial charge in [0.15, 0.2) is 0 Å². The lowest BCUT2D eigenvalue weighted by Gasteiger charge is -2.19. The zero-order valence-electron chi connectivity index (χ0n) is 7.33. The summed E-state index contributed by atoms with van der Waals surface area (Å²) in [6, 6.07) is 2.56. The van der Waals surface area contributed by atoms with Gasteiger partial charge in [-0.3, -0.25) is 5.73 Å². The second-order valence-corrected chi connectivity index (χ2v) is 3.22. The molecule has 4 N–H and O–H groups in total. The van der Waals surface area contributed by atoms with Crippen molar-refractivity contribution in [2.75, 3.05) is 6.61 Å². The number of fused-ring (bicyclic) bond motifs is 1. The van der Waals surface area contributed by atoms with Crippen molar-refractivity contribution >= 4 is 0 Å². The number of benzene rings is 1. The summed E-state index contributed by atoms with van der Waals surface area (Å²) in [5, 5.41) is 18.3. The van der Waals surface area contributed by atoms with Crippen LogP contribution >= 0.6 is 0 Å². The monoisotopic (exact) mass is 199 g/mol. The van der Waals surface area contributed by atoms with Crippen molar-refractivity contribution in [3.63, 3.8) is 0 Å². The van der Waals surface area contributed by atoms with Crippen molar-refractivity contribution in [1.82, 2.24) is 0 Å². The average Bonchev–Trinajstić information content (AvgIpc) is 2.48. The highest BCUT2D eigenvalue weighted by molar-refractivity contribution is 5.45. The Morgan fingerprint density at radius 3 is 2.79 bits per heavy atom. The van der Waals surface area contributed by atoms with Gasteiger partial charge in [0.05, 0.1) is 12.2 Å². The van der Waals surface area contributed by atoms with Crippen molar-refractivity contribution < 1.29 is 19.3 Å². The smallest absolute Gasteiger partial charge is 0.251 e. The number of ether oxygens (including phenoxy) is 1. The summed E-state index contributed by atoms with van der Waals surface area (Å²) in [6.07, 6.45) is 0.433. The summed E-state index contributed by atoms with van der Waals surface area (Å²) in [5.74, 6) is -2.93. The lowest BCUT2D eigenvalue weighted by Crippen LogP contribution is -2.37. The highest BCUT2D eigenvalue weighted by Crippen LogP contribution is 2.33. The van der Waals surface area contributed by atoms with Crippen LogP contribution < -0.4 is 10.5 Å². The molecule has 0 saturated carbocycles. The molecule has 0 bridgehead atoms. The molecule has 2 rings (SSSR count). The van der Waals surface area contributed by atoms with E-state index in [1.165, 1.54) is 6.07 Å². The minimum Gasteiger partial charge on any atom is -0.493 e.